The predicted molar refractivity (Wildman–Crippen MR) is 197 cm³/mol. The molecule has 3 heterocycles. The highest BCUT2D eigenvalue weighted by molar-refractivity contribution is 5.94. The minimum absolute atomic E-state index is 0.112. The zero-order chi connectivity index (χ0) is 38.8. The van der Waals surface area contributed by atoms with E-state index in [0.717, 1.165) is 11.1 Å². The van der Waals surface area contributed by atoms with Gasteiger partial charge in [-0.2, -0.15) is 9.90 Å². The van der Waals surface area contributed by atoms with E-state index in [1.807, 2.05) is 26.0 Å². The second-order valence-corrected chi connectivity index (χ2v) is 13.4. The van der Waals surface area contributed by atoms with Gasteiger partial charge in [0, 0.05) is 43.6 Å². The minimum Gasteiger partial charge on any atom is -0.493 e. The molecule has 4 amide bonds. The quantitative estimate of drug-likeness (QED) is 0.239. The topological polar surface area (TPSA) is 200 Å². The van der Waals surface area contributed by atoms with Crippen LogP contribution in [0.25, 0.3) is 11.4 Å². The number of fused-ring (bicyclic) bond motifs is 1. The van der Waals surface area contributed by atoms with Crippen LogP contribution in [-0.2, 0) is 34.4 Å². The van der Waals surface area contributed by atoms with Gasteiger partial charge in [-0.1, -0.05) is 38.5 Å². The van der Waals surface area contributed by atoms with Crippen molar-refractivity contribution in [3.63, 3.8) is 0 Å². The van der Waals surface area contributed by atoms with Crippen molar-refractivity contribution in [3.05, 3.63) is 65.2 Å². The van der Waals surface area contributed by atoms with Crippen molar-refractivity contribution < 1.29 is 28.7 Å². The number of hydrogen-bond donors (Lipinski definition) is 3. The summed E-state index contributed by atoms with van der Waals surface area (Å²) in [7, 11) is 4.80. The Hall–Kier alpha value is -5.87. The van der Waals surface area contributed by atoms with E-state index >= 15 is 0 Å². The first-order valence-electron chi connectivity index (χ1n) is 18.1. The third kappa shape index (κ3) is 9.96. The van der Waals surface area contributed by atoms with Gasteiger partial charge in [-0.05, 0) is 60.7 Å². The number of nitrogens with zero attached hydrogens (tertiary/aromatic N) is 8. The predicted octanol–water partition coefficient (Wildman–Crippen LogP) is 2.23. The number of methoxy groups -OCH3 is 2. The van der Waals surface area contributed by atoms with Gasteiger partial charge in [-0.15, -0.1) is 10.2 Å². The minimum atomic E-state index is -0.810. The van der Waals surface area contributed by atoms with Gasteiger partial charge in [0.2, 0.25) is 23.5 Å². The van der Waals surface area contributed by atoms with Crippen molar-refractivity contribution in [2.75, 3.05) is 33.9 Å². The van der Waals surface area contributed by atoms with E-state index in [2.05, 4.69) is 36.5 Å². The first-order chi connectivity index (χ1) is 26.0. The molecule has 2 aromatic carbocycles. The van der Waals surface area contributed by atoms with Crippen molar-refractivity contribution in [2.24, 2.45) is 13.0 Å². The van der Waals surface area contributed by atoms with E-state index in [-0.39, 0.29) is 42.5 Å². The molecular formula is C37H49N11O6. The molecule has 4 aromatic rings. The second-order valence-electron chi connectivity index (χ2n) is 13.4. The monoisotopic (exact) mass is 743 g/mol. The molecule has 1 aliphatic heterocycles. The van der Waals surface area contributed by atoms with E-state index in [0.29, 0.717) is 79.9 Å². The van der Waals surface area contributed by atoms with Gasteiger partial charge in [0.1, 0.15) is 18.4 Å². The highest BCUT2D eigenvalue weighted by atomic mass is 16.5. The lowest BCUT2D eigenvalue weighted by Crippen LogP contribution is -2.51. The number of tetrazole rings is 1. The number of rotatable bonds is 8. The largest absolute Gasteiger partial charge is 0.493 e. The van der Waals surface area contributed by atoms with Gasteiger partial charge in [0.15, 0.2) is 17.3 Å². The highest BCUT2D eigenvalue weighted by Gasteiger charge is 2.29. The Kier molecular flexibility index (Phi) is 13.3. The summed E-state index contributed by atoms with van der Waals surface area (Å²) in [5.41, 5.74) is 2.04. The number of benzene rings is 2. The van der Waals surface area contributed by atoms with Crippen LogP contribution in [-0.4, -0.2) is 103 Å². The van der Waals surface area contributed by atoms with E-state index in [4.69, 9.17) is 14.5 Å². The Morgan fingerprint density at radius 2 is 1.70 bits per heavy atom. The van der Waals surface area contributed by atoms with Gasteiger partial charge in [0.25, 0.3) is 5.91 Å². The number of carbonyl (C=O) groups excluding carboxylic acids is 4. The number of nitrogens with one attached hydrogen (secondary N) is 3. The van der Waals surface area contributed by atoms with E-state index in [1.54, 1.807) is 63.4 Å². The maximum absolute atomic E-state index is 13.7. The Morgan fingerprint density at radius 1 is 0.963 bits per heavy atom. The number of aromatic nitrogens is 7. The average molecular weight is 744 g/mol. The fourth-order valence-electron chi connectivity index (χ4n) is 6.18. The lowest BCUT2D eigenvalue weighted by molar-refractivity contribution is -0.130. The molecule has 54 heavy (non-hydrogen) atoms. The van der Waals surface area contributed by atoms with Crippen LogP contribution in [0.4, 0.5) is 0 Å². The summed E-state index contributed by atoms with van der Waals surface area (Å²) in [5, 5.41) is 25.6. The smallest absolute Gasteiger partial charge is 0.253 e. The molecule has 2 aromatic heterocycles. The van der Waals surface area contributed by atoms with Crippen LogP contribution < -0.4 is 25.4 Å². The SMILES string of the molecule is CC[C@H](C)[C@@H]1NC(=O)CCCN(C(=O)c2ccc(-c3nnn(C)n3)cc2)CCCNC(=O)Cn2nc(Cc3ccc(OC)c(OC)c3)nc2[C@@H](C)NC1=O. The van der Waals surface area contributed by atoms with Gasteiger partial charge in [-0.3, -0.25) is 19.2 Å². The Balaban J connectivity index is 1.36. The standard InChI is InChI=1S/C37H49N11O6/c1-7-23(2)33-36(51)39-24(3)35-40-30(21-25-11-16-28(53-5)29(20-25)54-6)43-48(35)22-32(50)38-17-9-19-47(18-8-10-31(49)41-33)37(52)27-14-12-26(13-15-27)34-42-45-46(4)44-34/h11-16,20,23-24,33H,7-10,17-19,21-22H2,1-6H3,(H,38,50)(H,39,51)(H,41,49)/t23-,24+,33-/m0/s1. The zero-order valence-electron chi connectivity index (χ0n) is 31.7. The summed E-state index contributed by atoms with van der Waals surface area (Å²) in [6.07, 6.45) is 1.94. The van der Waals surface area contributed by atoms with Crippen LogP contribution in [0.5, 0.6) is 11.5 Å². The van der Waals surface area contributed by atoms with Crippen LogP contribution in [0.1, 0.15) is 80.1 Å². The highest BCUT2D eigenvalue weighted by Crippen LogP contribution is 2.28. The molecule has 0 unspecified atom stereocenters. The molecule has 0 bridgehead atoms. The lowest BCUT2D eigenvalue weighted by Gasteiger charge is -2.26. The van der Waals surface area contributed by atoms with Crippen LogP contribution >= 0.6 is 0 Å². The Morgan fingerprint density at radius 3 is 2.39 bits per heavy atom. The second kappa shape index (κ2) is 18.3. The molecule has 0 radical (unpaired) electrons. The summed E-state index contributed by atoms with van der Waals surface area (Å²) in [5.74, 6) is 1.09. The van der Waals surface area contributed by atoms with Crippen LogP contribution in [0.15, 0.2) is 42.5 Å². The normalized spacial score (nSPS) is 18.3. The first kappa shape index (κ1) is 39.3. The maximum Gasteiger partial charge on any atom is 0.253 e. The van der Waals surface area contributed by atoms with Crippen molar-refractivity contribution >= 4 is 23.6 Å². The van der Waals surface area contributed by atoms with E-state index in [1.165, 1.54) is 9.48 Å². The Bertz CT molecular complexity index is 1930. The van der Waals surface area contributed by atoms with Crippen LogP contribution in [0.2, 0.25) is 0 Å². The van der Waals surface area contributed by atoms with Crippen molar-refractivity contribution in [1.82, 2.24) is 55.8 Å². The van der Waals surface area contributed by atoms with Crippen LogP contribution in [0.3, 0.4) is 0 Å². The van der Waals surface area contributed by atoms with Gasteiger partial charge in [0.05, 0.1) is 27.3 Å². The third-order valence-corrected chi connectivity index (χ3v) is 9.35. The number of hydrogen-bond acceptors (Lipinski definition) is 11. The molecular weight excluding hydrogens is 694 g/mol. The molecule has 0 saturated carbocycles. The molecule has 17 nitrogen and oxygen atoms in total. The maximum atomic E-state index is 13.7. The third-order valence-electron chi connectivity index (χ3n) is 9.35. The first-order valence-corrected chi connectivity index (χ1v) is 18.1. The molecule has 0 spiro atoms. The molecule has 17 heteroatoms. The molecule has 3 atom stereocenters. The zero-order valence-corrected chi connectivity index (χ0v) is 31.7. The summed E-state index contributed by atoms with van der Waals surface area (Å²) < 4.78 is 12.3. The number of ether oxygens (including phenoxy) is 2. The van der Waals surface area contributed by atoms with Crippen molar-refractivity contribution in [2.45, 2.75) is 71.5 Å². The average Bonchev–Trinajstić information content (AvgIpc) is 3.79. The molecule has 288 valence electrons. The van der Waals surface area contributed by atoms with Gasteiger partial charge >= 0.3 is 0 Å². The Labute approximate surface area is 314 Å². The molecule has 3 N–H and O–H groups in total. The molecule has 0 fully saturated rings. The fourth-order valence-corrected chi connectivity index (χ4v) is 6.18. The summed E-state index contributed by atoms with van der Waals surface area (Å²) in [6, 6.07) is 11.0. The summed E-state index contributed by atoms with van der Waals surface area (Å²) in [6.45, 7) is 6.43. The number of carbonyl (C=O) groups is 4. The lowest BCUT2D eigenvalue weighted by atomic mass is 9.97. The van der Waals surface area contributed by atoms with E-state index in [9.17, 15) is 19.2 Å². The molecule has 5 rings (SSSR count). The van der Waals surface area contributed by atoms with Crippen molar-refractivity contribution in [3.8, 4) is 22.9 Å². The van der Waals surface area contributed by atoms with Crippen LogP contribution in [0, 0.1) is 5.92 Å². The fraction of sp³-hybridized carbons (Fsp3) is 0.486. The van der Waals surface area contributed by atoms with Gasteiger partial charge < -0.3 is 30.3 Å². The number of amides is 4. The van der Waals surface area contributed by atoms with Gasteiger partial charge in [-0.25, -0.2) is 9.67 Å². The van der Waals surface area contributed by atoms with E-state index < -0.39 is 12.1 Å². The summed E-state index contributed by atoms with van der Waals surface area (Å²) >= 11 is 0. The number of aryl methyl sites for hydroxylation is 1. The molecule has 1 aliphatic rings. The summed E-state index contributed by atoms with van der Waals surface area (Å²) in [4.78, 5) is 61.8. The molecule has 0 aliphatic carbocycles. The van der Waals surface area contributed by atoms with Crippen molar-refractivity contribution in [1.29, 1.82) is 0 Å². The molecule has 0 saturated heterocycles.